The van der Waals surface area contributed by atoms with E-state index < -0.39 is 36.1 Å². The van der Waals surface area contributed by atoms with E-state index in [2.05, 4.69) is 11.6 Å². The molecule has 0 amide bonds. The third-order valence-corrected chi connectivity index (χ3v) is 1.71. The van der Waals surface area contributed by atoms with Gasteiger partial charge in [-0.15, -0.1) is 0 Å². The molecular formula is C7H7ClF2Na2O4. The molecule has 0 saturated heterocycles. The van der Waals surface area contributed by atoms with E-state index in [0.717, 1.165) is 0 Å². The van der Waals surface area contributed by atoms with Crippen molar-refractivity contribution in [3.05, 3.63) is 0 Å². The molecule has 0 aromatic carbocycles. The average molecular weight is 275 g/mol. The number of carboxylic acids is 2. The maximum absolute atomic E-state index is 12.0. The Hall–Kier alpha value is 1.09. The third-order valence-electron chi connectivity index (χ3n) is 1.52. The van der Waals surface area contributed by atoms with Gasteiger partial charge in [0.15, 0.2) is 0 Å². The van der Waals surface area contributed by atoms with Gasteiger partial charge >= 0.3 is 64.5 Å². The Bertz CT molecular complexity index is 221. The molecule has 0 aliphatic rings. The number of aliphatic carboxylic acids is 2. The minimum atomic E-state index is -3.44. The number of carbonyl (C=O) groups excluding carboxylic acids is 2. The van der Waals surface area contributed by atoms with Gasteiger partial charge in [0.25, 0.3) is 0 Å². The SMILES string of the molecule is O=C([O-])C(CCCC(F)(F)Cl)C(=O)[O-].[Na+].[Na+]. The maximum Gasteiger partial charge on any atom is 1.00 e. The van der Waals surface area contributed by atoms with Crippen molar-refractivity contribution in [3.8, 4) is 0 Å². The first-order valence-electron chi connectivity index (χ1n) is 3.72. The zero-order chi connectivity index (χ0) is 11.4. The van der Waals surface area contributed by atoms with Crippen molar-refractivity contribution in [1.82, 2.24) is 0 Å². The smallest absolute Gasteiger partial charge is 0.549 e. The predicted octanol–water partition coefficient (Wildman–Crippen LogP) is -6.89. The van der Waals surface area contributed by atoms with Crippen molar-refractivity contribution in [2.75, 3.05) is 0 Å². The van der Waals surface area contributed by atoms with Crippen LogP contribution in [0.2, 0.25) is 0 Å². The summed E-state index contributed by atoms with van der Waals surface area (Å²) in [6, 6.07) is 0. The molecule has 0 atom stereocenters. The fraction of sp³-hybridized carbons (Fsp3) is 0.714. The largest absolute Gasteiger partial charge is 1.00 e. The van der Waals surface area contributed by atoms with Gasteiger partial charge in [-0.1, -0.05) is 0 Å². The van der Waals surface area contributed by atoms with Gasteiger partial charge in [0.1, 0.15) is 0 Å². The summed E-state index contributed by atoms with van der Waals surface area (Å²) in [5.74, 6) is -5.56. The Kier molecular flexibility index (Phi) is 14.0. The van der Waals surface area contributed by atoms with Crippen LogP contribution in [0.25, 0.3) is 0 Å². The Morgan fingerprint density at radius 2 is 1.56 bits per heavy atom. The van der Waals surface area contributed by atoms with E-state index >= 15 is 0 Å². The minimum absolute atomic E-state index is 0. The maximum atomic E-state index is 12.0. The second-order valence-electron chi connectivity index (χ2n) is 2.70. The summed E-state index contributed by atoms with van der Waals surface area (Å²) in [7, 11) is 0. The Morgan fingerprint density at radius 1 is 1.19 bits per heavy atom. The molecule has 82 valence electrons. The van der Waals surface area contributed by atoms with E-state index in [1.807, 2.05) is 0 Å². The minimum Gasteiger partial charge on any atom is -0.549 e. The van der Waals surface area contributed by atoms with Gasteiger partial charge in [-0.25, -0.2) is 0 Å². The number of halogens is 3. The van der Waals surface area contributed by atoms with Crippen LogP contribution in [0.4, 0.5) is 8.78 Å². The first-order valence-corrected chi connectivity index (χ1v) is 4.10. The van der Waals surface area contributed by atoms with E-state index in [4.69, 9.17) is 0 Å². The molecule has 9 heteroatoms. The summed E-state index contributed by atoms with van der Waals surface area (Å²) >= 11 is 4.52. The van der Waals surface area contributed by atoms with Crippen LogP contribution in [0.1, 0.15) is 19.3 Å². The van der Waals surface area contributed by atoms with Crippen LogP contribution in [0.3, 0.4) is 0 Å². The molecule has 0 aliphatic heterocycles. The van der Waals surface area contributed by atoms with E-state index in [1.165, 1.54) is 0 Å². The van der Waals surface area contributed by atoms with Crippen LogP contribution in [0.5, 0.6) is 0 Å². The molecule has 0 aromatic rings. The Labute approximate surface area is 140 Å². The molecule has 16 heavy (non-hydrogen) atoms. The molecule has 0 rings (SSSR count). The van der Waals surface area contributed by atoms with Crippen LogP contribution in [-0.4, -0.2) is 17.3 Å². The fourth-order valence-electron chi connectivity index (χ4n) is 0.839. The van der Waals surface area contributed by atoms with Crippen molar-refractivity contribution in [1.29, 1.82) is 0 Å². The van der Waals surface area contributed by atoms with Gasteiger partial charge < -0.3 is 19.8 Å². The number of hydrogen-bond acceptors (Lipinski definition) is 4. The van der Waals surface area contributed by atoms with Gasteiger partial charge in [0.2, 0.25) is 0 Å². The normalized spacial score (nSPS) is 10.2. The monoisotopic (exact) mass is 274 g/mol. The van der Waals surface area contributed by atoms with Crippen molar-refractivity contribution in [3.63, 3.8) is 0 Å². The zero-order valence-corrected chi connectivity index (χ0v) is 13.7. The number of carbonyl (C=O) groups is 2. The standard InChI is InChI=1S/C7H9ClF2O4.2Na/c8-7(9,10)3-1-2-4(5(11)12)6(13)14;;/h4H,1-3H2,(H,11,12)(H,13,14);;/q;2*+1/p-2. The van der Waals surface area contributed by atoms with E-state index in [0.29, 0.717) is 0 Å². The van der Waals surface area contributed by atoms with Crippen molar-refractivity contribution >= 4 is 23.5 Å². The second kappa shape index (κ2) is 10.1. The van der Waals surface area contributed by atoms with Gasteiger partial charge in [0, 0.05) is 12.3 Å². The fourth-order valence-corrected chi connectivity index (χ4v) is 0.972. The molecule has 0 radical (unpaired) electrons. The summed E-state index contributed by atoms with van der Waals surface area (Å²) in [4.78, 5) is 20.3. The van der Waals surface area contributed by atoms with Crippen LogP contribution >= 0.6 is 11.6 Å². The van der Waals surface area contributed by atoms with Gasteiger partial charge in [-0.05, 0) is 24.4 Å². The summed E-state index contributed by atoms with van der Waals surface area (Å²) in [6.45, 7) is 0. The molecule has 0 N–H and O–H groups in total. The molecule has 0 spiro atoms. The third kappa shape index (κ3) is 11.6. The molecule has 0 fully saturated rings. The molecule has 0 bridgehead atoms. The van der Waals surface area contributed by atoms with Crippen molar-refractivity contribution < 1.29 is 87.7 Å². The molecule has 4 nitrogen and oxygen atoms in total. The number of alkyl halides is 3. The first kappa shape index (κ1) is 22.3. The summed E-state index contributed by atoms with van der Waals surface area (Å²) in [6.07, 6.45) is -1.60. The summed E-state index contributed by atoms with van der Waals surface area (Å²) < 4.78 is 24.0. The Balaban J connectivity index is -0.000000845. The molecule has 0 aliphatic carbocycles. The molecule has 0 saturated carbocycles. The first-order chi connectivity index (χ1) is 6.24. The molecule has 0 unspecified atom stereocenters. The quantitative estimate of drug-likeness (QED) is 0.274. The van der Waals surface area contributed by atoms with Gasteiger partial charge in [-0.3, -0.25) is 0 Å². The van der Waals surface area contributed by atoms with Crippen LogP contribution < -0.4 is 69.3 Å². The zero-order valence-electron chi connectivity index (χ0n) is 8.97. The second-order valence-corrected chi connectivity index (χ2v) is 3.25. The number of carboxylic acid groups (broad SMARTS) is 2. The Morgan fingerprint density at radius 3 is 1.81 bits per heavy atom. The topological polar surface area (TPSA) is 80.3 Å². The van der Waals surface area contributed by atoms with Crippen LogP contribution in [-0.2, 0) is 9.59 Å². The van der Waals surface area contributed by atoms with E-state index in [9.17, 15) is 28.6 Å². The molecule has 0 heterocycles. The van der Waals surface area contributed by atoms with Gasteiger partial charge in [0.05, 0.1) is 11.9 Å². The number of hydrogen-bond donors (Lipinski definition) is 0. The van der Waals surface area contributed by atoms with Crippen molar-refractivity contribution in [2.45, 2.75) is 24.6 Å². The molecular weight excluding hydrogens is 268 g/mol. The summed E-state index contributed by atoms with van der Waals surface area (Å²) in [5, 5.41) is 16.8. The average Bonchev–Trinajstić information content (AvgIpc) is 1.94. The van der Waals surface area contributed by atoms with Crippen LogP contribution in [0, 0.1) is 5.92 Å². The molecule has 0 aromatic heterocycles. The van der Waals surface area contributed by atoms with Crippen molar-refractivity contribution in [2.24, 2.45) is 5.92 Å². The van der Waals surface area contributed by atoms with E-state index in [1.54, 1.807) is 0 Å². The number of rotatable bonds is 6. The predicted molar refractivity (Wildman–Crippen MR) is 38.2 cm³/mol. The van der Waals surface area contributed by atoms with Crippen LogP contribution in [0.15, 0.2) is 0 Å². The summed E-state index contributed by atoms with van der Waals surface area (Å²) in [5.41, 5.74) is 0. The van der Waals surface area contributed by atoms with Gasteiger partial charge in [-0.2, -0.15) is 8.78 Å². The van der Waals surface area contributed by atoms with E-state index in [-0.39, 0.29) is 65.5 Å².